The molecule has 1 N–H and O–H groups in total. The van der Waals surface area contributed by atoms with Gasteiger partial charge in [-0.1, -0.05) is 6.92 Å². The zero-order chi connectivity index (χ0) is 13.7. The average Bonchev–Trinajstić information content (AvgIpc) is 2.99. The molecule has 2 rings (SSSR count). The summed E-state index contributed by atoms with van der Waals surface area (Å²) in [5.74, 6) is 0. The molecule has 5 heteroatoms. The molecule has 2 heterocycles. The fourth-order valence-corrected chi connectivity index (χ4v) is 2.40. The van der Waals surface area contributed by atoms with E-state index in [9.17, 15) is 0 Å². The maximum absolute atomic E-state index is 6.08. The molecule has 0 fully saturated rings. The van der Waals surface area contributed by atoms with Gasteiger partial charge in [-0.2, -0.15) is 5.10 Å². The van der Waals surface area contributed by atoms with Crippen molar-refractivity contribution in [3.05, 3.63) is 41.1 Å². The Hall–Kier alpha value is -1.26. The molecule has 2 aromatic heterocycles. The van der Waals surface area contributed by atoms with Crippen LogP contribution in [-0.2, 0) is 13.5 Å². The summed E-state index contributed by atoms with van der Waals surface area (Å²) in [6.07, 6.45) is 8.64. The van der Waals surface area contributed by atoms with Gasteiger partial charge >= 0.3 is 0 Å². The lowest BCUT2D eigenvalue weighted by Crippen LogP contribution is -2.22. The summed E-state index contributed by atoms with van der Waals surface area (Å²) in [7, 11) is 1.93. The molecule has 19 heavy (non-hydrogen) atoms. The standard InChI is InChI=1S/C14H20ClN3O/c1-3-7-16-13(12-6-8-19-14(12)15)5-4-11-9-17-18(2)10-11/h6,8-10,13,16H,3-5,7H2,1-2H3. The van der Waals surface area contributed by atoms with Crippen LogP contribution < -0.4 is 5.32 Å². The van der Waals surface area contributed by atoms with Crippen LogP contribution in [-0.4, -0.2) is 16.3 Å². The molecule has 0 aromatic carbocycles. The van der Waals surface area contributed by atoms with Gasteiger partial charge in [0, 0.05) is 24.8 Å². The van der Waals surface area contributed by atoms with Crippen molar-refractivity contribution in [2.24, 2.45) is 7.05 Å². The first kappa shape index (κ1) is 14.2. The number of aromatic nitrogens is 2. The molecular formula is C14H20ClN3O. The van der Waals surface area contributed by atoms with E-state index in [1.807, 2.05) is 30.2 Å². The predicted molar refractivity (Wildman–Crippen MR) is 76.3 cm³/mol. The quantitative estimate of drug-likeness (QED) is 0.846. The Morgan fingerprint density at radius 2 is 2.37 bits per heavy atom. The van der Waals surface area contributed by atoms with E-state index >= 15 is 0 Å². The Labute approximate surface area is 118 Å². The zero-order valence-corrected chi connectivity index (χ0v) is 12.2. The zero-order valence-electron chi connectivity index (χ0n) is 11.4. The number of hydrogen-bond acceptors (Lipinski definition) is 3. The normalized spacial score (nSPS) is 12.8. The summed E-state index contributed by atoms with van der Waals surface area (Å²) in [6.45, 7) is 3.13. The second-order valence-electron chi connectivity index (χ2n) is 4.72. The monoisotopic (exact) mass is 281 g/mol. The third-order valence-corrected chi connectivity index (χ3v) is 3.45. The summed E-state index contributed by atoms with van der Waals surface area (Å²) in [5.41, 5.74) is 2.28. The molecule has 0 spiro atoms. The molecule has 0 bridgehead atoms. The third kappa shape index (κ3) is 3.85. The van der Waals surface area contributed by atoms with Crippen LogP contribution in [0.4, 0.5) is 0 Å². The van der Waals surface area contributed by atoms with Gasteiger partial charge in [0.1, 0.15) is 0 Å². The first-order valence-electron chi connectivity index (χ1n) is 6.64. The topological polar surface area (TPSA) is 43.0 Å². The van der Waals surface area contributed by atoms with Crippen molar-refractivity contribution in [3.8, 4) is 0 Å². The van der Waals surface area contributed by atoms with E-state index in [1.54, 1.807) is 6.26 Å². The van der Waals surface area contributed by atoms with Crippen molar-refractivity contribution in [3.63, 3.8) is 0 Å². The van der Waals surface area contributed by atoms with Crippen LogP contribution in [0, 0.1) is 0 Å². The van der Waals surface area contributed by atoms with Crippen molar-refractivity contribution < 1.29 is 4.42 Å². The summed E-state index contributed by atoms with van der Waals surface area (Å²) >= 11 is 6.08. The molecule has 1 atom stereocenters. The van der Waals surface area contributed by atoms with E-state index in [0.717, 1.165) is 31.4 Å². The van der Waals surface area contributed by atoms with Crippen molar-refractivity contribution >= 4 is 11.6 Å². The summed E-state index contributed by atoms with van der Waals surface area (Å²) in [5, 5.41) is 8.19. The average molecular weight is 282 g/mol. The van der Waals surface area contributed by atoms with Gasteiger partial charge in [-0.3, -0.25) is 4.68 Å². The Kier molecular flexibility index (Phi) is 5.05. The maximum Gasteiger partial charge on any atom is 0.197 e. The van der Waals surface area contributed by atoms with Crippen molar-refractivity contribution in [2.45, 2.75) is 32.2 Å². The van der Waals surface area contributed by atoms with Crippen LogP contribution in [0.2, 0.25) is 5.22 Å². The second-order valence-corrected chi connectivity index (χ2v) is 5.06. The van der Waals surface area contributed by atoms with Crippen molar-refractivity contribution in [1.29, 1.82) is 0 Å². The lowest BCUT2D eigenvalue weighted by molar-refractivity contribution is 0.489. The number of furan rings is 1. The minimum absolute atomic E-state index is 0.228. The van der Waals surface area contributed by atoms with Gasteiger partial charge in [0.2, 0.25) is 0 Å². The summed E-state index contributed by atoms with van der Waals surface area (Å²) in [4.78, 5) is 0. The van der Waals surface area contributed by atoms with Crippen molar-refractivity contribution in [1.82, 2.24) is 15.1 Å². The van der Waals surface area contributed by atoms with Crippen LogP contribution in [0.25, 0.3) is 0 Å². The summed E-state index contributed by atoms with van der Waals surface area (Å²) in [6, 6.07) is 2.17. The van der Waals surface area contributed by atoms with Gasteiger partial charge in [-0.25, -0.2) is 0 Å². The van der Waals surface area contributed by atoms with Gasteiger partial charge in [-0.05, 0) is 49.0 Å². The highest BCUT2D eigenvalue weighted by Gasteiger charge is 2.16. The number of hydrogen-bond donors (Lipinski definition) is 1. The molecular weight excluding hydrogens is 262 g/mol. The van der Waals surface area contributed by atoms with Gasteiger partial charge in [0.05, 0.1) is 12.5 Å². The van der Waals surface area contributed by atoms with Gasteiger partial charge < -0.3 is 9.73 Å². The van der Waals surface area contributed by atoms with E-state index < -0.39 is 0 Å². The molecule has 0 saturated carbocycles. The van der Waals surface area contributed by atoms with Crippen LogP contribution in [0.3, 0.4) is 0 Å². The highest BCUT2D eigenvalue weighted by atomic mass is 35.5. The highest BCUT2D eigenvalue weighted by Crippen LogP contribution is 2.27. The van der Waals surface area contributed by atoms with E-state index in [2.05, 4.69) is 17.3 Å². The largest absolute Gasteiger partial charge is 0.453 e. The molecule has 104 valence electrons. The fraction of sp³-hybridized carbons (Fsp3) is 0.500. The highest BCUT2D eigenvalue weighted by molar-refractivity contribution is 6.29. The van der Waals surface area contributed by atoms with Crippen molar-refractivity contribution in [2.75, 3.05) is 6.54 Å². The SMILES string of the molecule is CCCNC(CCc1cnn(C)c1)c1ccoc1Cl. The molecule has 4 nitrogen and oxygen atoms in total. The van der Waals surface area contributed by atoms with Gasteiger partial charge in [0.25, 0.3) is 0 Å². The molecule has 2 aromatic rings. The molecule has 0 amide bonds. The van der Waals surface area contributed by atoms with E-state index in [0.29, 0.717) is 5.22 Å². The first-order valence-corrected chi connectivity index (χ1v) is 7.02. The molecule has 0 saturated heterocycles. The second kappa shape index (κ2) is 6.78. The molecule has 0 radical (unpaired) electrons. The predicted octanol–water partition coefficient (Wildman–Crippen LogP) is 3.34. The van der Waals surface area contributed by atoms with E-state index in [4.69, 9.17) is 16.0 Å². The molecule has 0 aliphatic rings. The Morgan fingerprint density at radius 3 is 2.95 bits per heavy atom. The summed E-state index contributed by atoms with van der Waals surface area (Å²) < 4.78 is 7.02. The van der Waals surface area contributed by atoms with Crippen LogP contribution in [0.15, 0.2) is 29.1 Å². The number of nitrogens with one attached hydrogen (secondary N) is 1. The number of halogens is 1. The number of aryl methyl sites for hydroxylation is 2. The minimum atomic E-state index is 0.228. The smallest absolute Gasteiger partial charge is 0.197 e. The molecule has 0 aliphatic heterocycles. The van der Waals surface area contributed by atoms with Gasteiger partial charge in [0.15, 0.2) is 5.22 Å². The minimum Gasteiger partial charge on any atom is -0.453 e. The number of nitrogens with zero attached hydrogens (tertiary/aromatic N) is 2. The molecule has 0 aliphatic carbocycles. The number of rotatable bonds is 7. The first-order chi connectivity index (χ1) is 9.20. The van der Waals surface area contributed by atoms with Crippen LogP contribution >= 0.6 is 11.6 Å². The lowest BCUT2D eigenvalue weighted by Gasteiger charge is -2.17. The van der Waals surface area contributed by atoms with E-state index in [1.165, 1.54) is 5.56 Å². The third-order valence-electron chi connectivity index (χ3n) is 3.14. The van der Waals surface area contributed by atoms with Crippen LogP contribution in [0.5, 0.6) is 0 Å². The Balaban J connectivity index is 2.00. The molecule has 1 unspecified atom stereocenters. The maximum atomic E-state index is 6.08. The van der Waals surface area contributed by atoms with Gasteiger partial charge in [-0.15, -0.1) is 0 Å². The van der Waals surface area contributed by atoms with E-state index in [-0.39, 0.29) is 6.04 Å². The lowest BCUT2D eigenvalue weighted by atomic mass is 10.0. The Bertz CT molecular complexity index is 506. The Morgan fingerprint density at radius 1 is 1.53 bits per heavy atom. The fourth-order valence-electron chi connectivity index (χ4n) is 2.15. The van der Waals surface area contributed by atoms with Crippen LogP contribution in [0.1, 0.15) is 36.9 Å².